The van der Waals surface area contributed by atoms with Crippen LogP contribution in [0.3, 0.4) is 0 Å². The number of esters is 1. The molecular formula is C18H15ClF3NO4. The summed E-state index contributed by atoms with van der Waals surface area (Å²) in [6.45, 7) is 0.620. The predicted octanol–water partition coefficient (Wildman–Crippen LogP) is 4.23. The highest BCUT2D eigenvalue weighted by Crippen LogP contribution is 2.38. The molecule has 5 nitrogen and oxygen atoms in total. The van der Waals surface area contributed by atoms with Crippen LogP contribution in [0.1, 0.15) is 11.1 Å². The molecule has 0 atom stereocenters. The van der Waals surface area contributed by atoms with Crippen molar-refractivity contribution < 1.29 is 32.2 Å². The number of para-hydroxylation sites is 1. The summed E-state index contributed by atoms with van der Waals surface area (Å²) in [5.74, 6) is -1.36. The summed E-state index contributed by atoms with van der Waals surface area (Å²) in [6.07, 6.45) is -4.70. The second-order valence-electron chi connectivity index (χ2n) is 5.47. The minimum absolute atomic E-state index is 0.285. The molecule has 1 amide bonds. The lowest BCUT2D eigenvalue weighted by Gasteiger charge is -2.15. The average Bonchev–Trinajstić information content (AvgIpc) is 2.59. The molecule has 0 radical (unpaired) electrons. The maximum Gasteiger partial charge on any atom is 0.418 e. The number of hydrogen-bond acceptors (Lipinski definition) is 4. The fraction of sp³-hybridized carbons (Fsp3) is 0.222. The van der Waals surface area contributed by atoms with Crippen LogP contribution in [0.2, 0.25) is 5.02 Å². The number of halogens is 4. The van der Waals surface area contributed by atoms with E-state index in [9.17, 15) is 22.8 Å². The molecule has 0 saturated heterocycles. The van der Waals surface area contributed by atoms with Gasteiger partial charge in [0.15, 0.2) is 13.2 Å². The van der Waals surface area contributed by atoms with Crippen molar-refractivity contribution in [2.24, 2.45) is 0 Å². The van der Waals surface area contributed by atoms with Gasteiger partial charge >= 0.3 is 12.1 Å². The molecule has 2 aromatic carbocycles. The van der Waals surface area contributed by atoms with Gasteiger partial charge in [0.05, 0.1) is 16.3 Å². The summed E-state index contributed by atoms with van der Waals surface area (Å²) in [5.41, 5.74) is -0.762. The quantitative estimate of drug-likeness (QED) is 0.736. The van der Waals surface area contributed by atoms with Gasteiger partial charge in [-0.25, -0.2) is 4.79 Å². The minimum Gasteiger partial charge on any atom is -0.482 e. The standard InChI is InChI=1S/C18H15ClF3NO4/c1-11-4-2-5-12(8-11)26-10-16(25)27-9-15(24)23-17-13(18(20,21)22)6-3-7-14(17)19/h2-8H,9-10H2,1H3,(H,23,24). The Kier molecular flexibility index (Phi) is 6.68. The number of carbonyl (C=O) groups excluding carboxylic acids is 2. The van der Waals surface area contributed by atoms with Gasteiger partial charge in [-0.3, -0.25) is 4.79 Å². The van der Waals surface area contributed by atoms with E-state index in [4.69, 9.17) is 21.1 Å². The van der Waals surface area contributed by atoms with Crippen LogP contribution in [-0.4, -0.2) is 25.1 Å². The number of alkyl halides is 3. The molecule has 0 heterocycles. The van der Waals surface area contributed by atoms with Crippen LogP contribution in [0.4, 0.5) is 18.9 Å². The number of carbonyl (C=O) groups is 2. The summed E-state index contributed by atoms with van der Waals surface area (Å²) in [5, 5.41) is 1.73. The fourth-order valence-corrected chi connectivity index (χ4v) is 2.32. The van der Waals surface area contributed by atoms with Gasteiger partial charge in [-0.1, -0.05) is 29.8 Å². The summed E-state index contributed by atoms with van der Waals surface area (Å²) in [7, 11) is 0. The maximum atomic E-state index is 13.0. The van der Waals surface area contributed by atoms with Gasteiger partial charge < -0.3 is 14.8 Å². The zero-order valence-corrected chi connectivity index (χ0v) is 14.9. The Morgan fingerprint density at radius 2 is 1.81 bits per heavy atom. The molecule has 0 aliphatic rings. The molecule has 9 heteroatoms. The molecule has 0 aromatic heterocycles. The Morgan fingerprint density at radius 1 is 1.11 bits per heavy atom. The van der Waals surface area contributed by atoms with Crippen molar-refractivity contribution in [1.29, 1.82) is 0 Å². The minimum atomic E-state index is -4.70. The highest BCUT2D eigenvalue weighted by Gasteiger charge is 2.34. The van der Waals surface area contributed by atoms with E-state index in [1.54, 1.807) is 18.2 Å². The molecule has 27 heavy (non-hydrogen) atoms. The van der Waals surface area contributed by atoms with Crippen molar-refractivity contribution in [1.82, 2.24) is 0 Å². The largest absolute Gasteiger partial charge is 0.482 e. The van der Waals surface area contributed by atoms with E-state index >= 15 is 0 Å². The van der Waals surface area contributed by atoms with Crippen LogP contribution in [0.5, 0.6) is 5.75 Å². The van der Waals surface area contributed by atoms with Gasteiger partial charge in [-0.15, -0.1) is 0 Å². The van der Waals surface area contributed by atoms with Gasteiger partial charge in [0.1, 0.15) is 5.75 Å². The van der Waals surface area contributed by atoms with Crippen LogP contribution in [-0.2, 0) is 20.5 Å². The number of benzene rings is 2. The monoisotopic (exact) mass is 401 g/mol. The van der Waals surface area contributed by atoms with E-state index in [1.165, 1.54) is 6.07 Å². The van der Waals surface area contributed by atoms with Crippen molar-refractivity contribution in [3.63, 3.8) is 0 Å². The lowest BCUT2D eigenvalue weighted by atomic mass is 10.1. The van der Waals surface area contributed by atoms with E-state index in [-0.39, 0.29) is 5.02 Å². The number of ether oxygens (including phenoxy) is 2. The molecule has 0 fully saturated rings. The van der Waals surface area contributed by atoms with Gasteiger partial charge in [-0.2, -0.15) is 13.2 Å². The normalized spacial score (nSPS) is 11.0. The Hall–Kier alpha value is -2.74. The molecule has 2 rings (SSSR count). The van der Waals surface area contributed by atoms with Crippen LogP contribution < -0.4 is 10.1 Å². The molecule has 0 unspecified atom stereocenters. The molecule has 2 aromatic rings. The smallest absolute Gasteiger partial charge is 0.418 e. The molecule has 1 N–H and O–H groups in total. The van der Waals surface area contributed by atoms with Crippen molar-refractivity contribution in [3.05, 3.63) is 58.6 Å². The van der Waals surface area contributed by atoms with Crippen molar-refractivity contribution in [2.45, 2.75) is 13.1 Å². The van der Waals surface area contributed by atoms with E-state index in [1.807, 2.05) is 18.3 Å². The fourth-order valence-electron chi connectivity index (χ4n) is 2.10. The highest BCUT2D eigenvalue weighted by molar-refractivity contribution is 6.34. The van der Waals surface area contributed by atoms with Crippen molar-refractivity contribution in [2.75, 3.05) is 18.5 Å². The van der Waals surface area contributed by atoms with E-state index in [0.717, 1.165) is 17.7 Å². The zero-order chi connectivity index (χ0) is 20.0. The van der Waals surface area contributed by atoms with E-state index in [0.29, 0.717) is 5.75 Å². The predicted molar refractivity (Wildman–Crippen MR) is 92.7 cm³/mol. The van der Waals surface area contributed by atoms with E-state index < -0.39 is 42.5 Å². The van der Waals surface area contributed by atoms with Crippen molar-refractivity contribution in [3.8, 4) is 5.75 Å². The Labute approximate surface area is 158 Å². The summed E-state index contributed by atoms with van der Waals surface area (Å²) >= 11 is 5.73. The first-order valence-electron chi connectivity index (χ1n) is 7.67. The van der Waals surface area contributed by atoms with Gasteiger partial charge in [0, 0.05) is 0 Å². The van der Waals surface area contributed by atoms with Gasteiger partial charge in [0.25, 0.3) is 5.91 Å². The van der Waals surface area contributed by atoms with Crippen molar-refractivity contribution >= 4 is 29.2 Å². The van der Waals surface area contributed by atoms with Gasteiger partial charge in [-0.05, 0) is 36.8 Å². The number of hydrogen-bond donors (Lipinski definition) is 1. The number of nitrogens with one attached hydrogen (secondary N) is 1. The van der Waals surface area contributed by atoms with Crippen LogP contribution in [0, 0.1) is 6.92 Å². The molecule has 144 valence electrons. The second-order valence-corrected chi connectivity index (χ2v) is 5.88. The molecular weight excluding hydrogens is 387 g/mol. The second kappa shape index (κ2) is 8.77. The molecule has 0 bridgehead atoms. The SMILES string of the molecule is Cc1cccc(OCC(=O)OCC(=O)Nc2c(Cl)cccc2C(F)(F)F)c1. The Balaban J connectivity index is 1.89. The highest BCUT2D eigenvalue weighted by atomic mass is 35.5. The first-order chi connectivity index (χ1) is 12.7. The maximum absolute atomic E-state index is 13.0. The van der Waals surface area contributed by atoms with Crippen LogP contribution in [0.15, 0.2) is 42.5 Å². The van der Waals surface area contributed by atoms with Crippen LogP contribution in [0.25, 0.3) is 0 Å². The summed E-state index contributed by atoms with van der Waals surface area (Å²) < 4.78 is 48.8. The lowest BCUT2D eigenvalue weighted by Crippen LogP contribution is -2.25. The molecule has 0 saturated carbocycles. The summed E-state index contributed by atoms with van der Waals surface area (Å²) in [6, 6.07) is 10.0. The third kappa shape index (κ3) is 6.18. The first-order valence-corrected chi connectivity index (χ1v) is 8.05. The Bertz CT molecular complexity index is 840. The summed E-state index contributed by atoms with van der Waals surface area (Å²) in [4.78, 5) is 23.4. The number of rotatable bonds is 6. The number of amides is 1. The van der Waals surface area contributed by atoms with Crippen LogP contribution >= 0.6 is 11.6 Å². The number of anilines is 1. The zero-order valence-electron chi connectivity index (χ0n) is 14.1. The molecule has 0 aliphatic carbocycles. The average molecular weight is 402 g/mol. The first kappa shape index (κ1) is 20.6. The third-order valence-electron chi connectivity index (χ3n) is 3.29. The van der Waals surface area contributed by atoms with Gasteiger partial charge in [0.2, 0.25) is 0 Å². The van der Waals surface area contributed by atoms with E-state index in [2.05, 4.69) is 0 Å². The molecule has 0 aliphatic heterocycles. The molecule has 0 spiro atoms. The lowest BCUT2D eigenvalue weighted by molar-refractivity contribution is -0.149. The number of aryl methyl sites for hydroxylation is 1. The topological polar surface area (TPSA) is 64.6 Å². The Morgan fingerprint density at radius 3 is 2.48 bits per heavy atom. The third-order valence-corrected chi connectivity index (χ3v) is 3.61.